The highest BCUT2D eigenvalue weighted by molar-refractivity contribution is 5.81. The maximum Gasteiger partial charge on any atom is 0.410 e. The standard InChI is InChI=1S/C22H28FN3O4/c1-12-4-17(23)19(25-10-12)29-16-2-3-26(11-16)21(28)30-18-14-5-13-6-15(18)9-22(7-13,8-14)20(24)27/h4,10,13-16,18H,2-3,5-9,11H2,1H3,(H2,24,27)/t13?,14?,15?,16-,18-,22-/m1/s1. The molecule has 162 valence electrons. The van der Waals surface area contributed by atoms with Gasteiger partial charge < -0.3 is 20.1 Å². The van der Waals surface area contributed by atoms with Crippen molar-refractivity contribution in [2.24, 2.45) is 28.9 Å². The summed E-state index contributed by atoms with van der Waals surface area (Å²) in [4.78, 5) is 30.5. The van der Waals surface area contributed by atoms with E-state index >= 15 is 0 Å². The van der Waals surface area contributed by atoms with Crippen molar-refractivity contribution in [3.63, 3.8) is 0 Å². The maximum atomic E-state index is 14.0. The van der Waals surface area contributed by atoms with Crippen LogP contribution in [-0.4, -0.2) is 47.2 Å². The van der Waals surface area contributed by atoms with Gasteiger partial charge >= 0.3 is 6.09 Å². The summed E-state index contributed by atoms with van der Waals surface area (Å²) in [5, 5.41) is 0. The molecule has 2 N–H and O–H groups in total. The van der Waals surface area contributed by atoms with Crippen LogP contribution in [0.5, 0.6) is 5.88 Å². The number of pyridine rings is 1. The van der Waals surface area contributed by atoms with E-state index in [4.69, 9.17) is 15.2 Å². The Labute approximate surface area is 175 Å². The normalized spacial score (nSPS) is 36.7. The second-order valence-corrected chi connectivity index (χ2v) is 9.74. The SMILES string of the molecule is Cc1cnc(O[C@@H]2CCN(C(=O)O[C@H]3C4CC5CC3C[C@](C(N)=O)(C5)C4)C2)c(F)c1. The molecule has 4 aliphatic carbocycles. The Balaban J connectivity index is 1.19. The average molecular weight is 417 g/mol. The maximum absolute atomic E-state index is 14.0. The second kappa shape index (κ2) is 7.10. The number of carbonyl (C=O) groups is 2. The summed E-state index contributed by atoms with van der Waals surface area (Å²) < 4.78 is 25.6. The zero-order valence-electron chi connectivity index (χ0n) is 17.2. The van der Waals surface area contributed by atoms with Gasteiger partial charge in [-0.05, 0) is 68.4 Å². The molecule has 30 heavy (non-hydrogen) atoms. The van der Waals surface area contributed by atoms with Gasteiger partial charge in [-0.2, -0.15) is 0 Å². The van der Waals surface area contributed by atoms with Gasteiger partial charge in [-0.1, -0.05) is 0 Å². The number of hydrogen-bond donors (Lipinski definition) is 1. The van der Waals surface area contributed by atoms with E-state index in [1.54, 1.807) is 18.0 Å². The zero-order chi connectivity index (χ0) is 21.0. The molecule has 2 heterocycles. The average Bonchev–Trinajstić information content (AvgIpc) is 3.15. The Morgan fingerprint density at radius 3 is 2.67 bits per heavy atom. The minimum atomic E-state index is -0.493. The van der Waals surface area contributed by atoms with E-state index in [0.29, 0.717) is 25.4 Å². The molecular weight excluding hydrogens is 389 g/mol. The van der Waals surface area contributed by atoms with Crippen LogP contribution >= 0.6 is 0 Å². The molecule has 2 amide bonds. The van der Waals surface area contributed by atoms with Crippen molar-refractivity contribution in [3.05, 3.63) is 23.6 Å². The molecule has 7 nitrogen and oxygen atoms in total. The molecule has 8 heteroatoms. The molecule has 1 aromatic rings. The van der Waals surface area contributed by atoms with E-state index in [1.165, 1.54) is 6.07 Å². The molecule has 4 saturated carbocycles. The number of rotatable bonds is 4. The third kappa shape index (κ3) is 3.30. The molecule has 2 unspecified atom stereocenters. The van der Waals surface area contributed by atoms with Gasteiger partial charge in [0.05, 0.1) is 12.0 Å². The summed E-state index contributed by atoms with van der Waals surface area (Å²) >= 11 is 0. The van der Waals surface area contributed by atoms with Gasteiger partial charge in [0.2, 0.25) is 5.91 Å². The van der Waals surface area contributed by atoms with Gasteiger partial charge in [0.25, 0.3) is 5.88 Å². The lowest BCUT2D eigenvalue weighted by Gasteiger charge is -2.58. The van der Waals surface area contributed by atoms with Gasteiger partial charge in [-0.25, -0.2) is 14.2 Å². The molecule has 1 aliphatic heterocycles. The molecule has 1 saturated heterocycles. The Morgan fingerprint density at radius 2 is 2.00 bits per heavy atom. The number of nitrogens with two attached hydrogens (primary N) is 1. The van der Waals surface area contributed by atoms with E-state index in [-0.39, 0.29) is 41.9 Å². The summed E-state index contributed by atoms with van der Waals surface area (Å²) in [6.45, 7) is 2.62. The highest BCUT2D eigenvalue weighted by atomic mass is 19.1. The van der Waals surface area contributed by atoms with E-state index in [9.17, 15) is 14.0 Å². The number of hydrogen-bond acceptors (Lipinski definition) is 5. The zero-order valence-corrected chi connectivity index (χ0v) is 17.2. The van der Waals surface area contributed by atoms with Crippen LogP contribution in [-0.2, 0) is 9.53 Å². The van der Waals surface area contributed by atoms with Crippen molar-refractivity contribution in [1.82, 2.24) is 9.88 Å². The Kier molecular flexibility index (Phi) is 4.63. The number of primary amides is 1. The van der Waals surface area contributed by atoms with Crippen LogP contribution in [0.4, 0.5) is 9.18 Å². The molecule has 4 bridgehead atoms. The molecule has 6 rings (SSSR count). The van der Waals surface area contributed by atoms with Gasteiger partial charge in [-0.15, -0.1) is 0 Å². The van der Waals surface area contributed by atoms with E-state index in [1.807, 2.05) is 0 Å². The third-order valence-corrected chi connectivity index (χ3v) is 7.57. The molecule has 1 aromatic heterocycles. The van der Waals surface area contributed by atoms with Gasteiger partial charge in [0.1, 0.15) is 12.2 Å². The fraction of sp³-hybridized carbons (Fsp3) is 0.682. The summed E-state index contributed by atoms with van der Waals surface area (Å²) in [5.41, 5.74) is 6.07. The van der Waals surface area contributed by atoms with Crippen LogP contribution < -0.4 is 10.5 Å². The van der Waals surface area contributed by atoms with Crippen LogP contribution in [0.2, 0.25) is 0 Å². The van der Waals surface area contributed by atoms with Crippen molar-refractivity contribution in [2.75, 3.05) is 13.1 Å². The smallest absolute Gasteiger partial charge is 0.410 e. The second-order valence-electron chi connectivity index (χ2n) is 9.74. The molecule has 5 fully saturated rings. The lowest BCUT2D eigenvalue weighted by Crippen LogP contribution is -2.59. The summed E-state index contributed by atoms with van der Waals surface area (Å²) in [6.07, 6.45) is 5.75. The minimum absolute atomic E-state index is 0.0291. The molecule has 5 aliphatic rings. The van der Waals surface area contributed by atoms with E-state index < -0.39 is 11.2 Å². The fourth-order valence-electron chi connectivity index (χ4n) is 6.42. The number of ether oxygens (including phenoxy) is 2. The van der Waals surface area contributed by atoms with Gasteiger partial charge in [0, 0.05) is 19.2 Å². The largest absolute Gasteiger partial charge is 0.470 e. The highest BCUT2D eigenvalue weighted by Gasteiger charge is 2.59. The predicted octanol–water partition coefficient (Wildman–Crippen LogP) is 2.80. The van der Waals surface area contributed by atoms with Crippen molar-refractivity contribution in [1.29, 1.82) is 0 Å². The van der Waals surface area contributed by atoms with E-state index in [0.717, 1.165) is 37.7 Å². The van der Waals surface area contributed by atoms with Gasteiger partial charge in [-0.3, -0.25) is 4.79 Å². The number of nitrogens with zero attached hydrogens (tertiary/aromatic N) is 2. The third-order valence-electron chi connectivity index (χ3n) is 7.57. The number of aryl methyl sites for hydroxylation is 1. The number of amides is 2. The molecule has 3 atom stereocenters. The first-order valence-electron chi connectivity index (χ1n) is 10.9. The Morgan fingerprint density at radius 1 is 1.27 bits per heavy atom. The molecule has 0 radical (unpaired) electrons. The quantitative estimate of drug-likeness (QED) is 0.813. The molecular formula is C22H28FN3O4. The minimum Gasteiger partial charge on any atom is -0.470 e. The Bertz CT molecular complexity index is 862. The summed E-state index contributed by atoms with van der Waals surface area (Å²) in [6, 6.07) is 1.38. The van der Waals surface area contributed by atoms with Crippen LogP contribution in [0.15, 0.2) is 12.3 Å². The lowest BCUT2D eigenvalue weighted by atomic mass is 9.48. The first-order chi connectivity index (χ1) is 14.3. The Hall–Kier alpha value is -2.38. The monoisotopic (exact) mass is 417 g/mol. The van der Waals surface area contributed by atoms with Crippen LogP contribution in [0.1, 0.15) is 44.1 Å². The van der Waals surface area contributed by atoms with Crippen molar-refractivity contribution in [3.8, 4) is 5.88 Å². The summed E-state index contributed by atoms with van der Waals surface area (Å²) in [5.74, 6) is 0.239. The topological polar surface area (TPSA) is 94.8 Å². The predicted molar refractivity (Wildman–Crippen MR) is 105 cm³/mol. The van der Waals surface area contributed by atoms with Crippen molar-refractivity contribution >= 4 is 12.0 Å². The van der Waals surface area contributed by atoms with Crippen LogP contribution in [0.3, 0.4) is 0 Å². The van der Waals surface area contributed by atoms with Crippen molar-refractivity contribution in [2.45, 2.75) is 57.7 Å². The van der Waals surface area contributed by atoms with Gasteiger partial charge in [0.15, 0.2) is 5.82 Å². The highest BCUT2D eigenvalue weighted by Crippen LogP contribution is 2.60. The van der Waals surface area contributed by atoms with E-state index in [2.05, 4.69) is 4.98 Å². The number of aromatic nitrogens is 1. The number of likely N-dealkylation sites (tertiary alicyclic amines) is 1. The first-order valence-corrected chi connectivity index (χ1v) is 10.9. The summed E-state index contributed by atoms with van der Waals surface area (Å²) in [7, 11) is 0. The van der Waals surface area contributed by atoms with Crippen molar-refractivity contribution < 1.29 is 23.5 Å². The lowest BCUT2D eigenvalue weighted by molar-refractivity contribution is -0.161. The van der Waals surface area contributed by atoms with Crippen LogP contribution in [0.25, 0.3) is 0 Å². The number of halogens is 1. The van der Waals surface area contributed by atoms with Crippen LogP contribution in [0, 0.1) is 35.9 Å². The first kappa shape index (κ1) is 19.6. The number of carbonyl (C=O) groups excluding carboxylic acids is 2. The fourth-order valence-corrected chi connectivity index (χ4v) is 6.42. The molecule has 0 aromatic carbocycles. The molecule has 0 spiro atoms.